The highest BCUT2D eigenvalue weighted by atomic mass is 19.3. The largest absolute Gasteiger partial charge is 0.475 e. The van der Waals surface area contributed by atoms with Gasteiger partial charge in [-0.1, -0.05) is 0 Å². The van der Waals surface area contributed by atoms with Gasteiger partial charge in [-0.25, -0.2) is 15.0 Å². The number of hydrogen-bond acceptors (Lipinski definition) is 7. The lowest BCUT2D eigenvalue weighted by atomic mass is 9.62. The molecule has 0 radical (unpaired) electrons. The molecular formula is C21H21F2N5O4. The summed E-state index contributed by atoms with van der Waals surface area (Å²) >= 11 is 0. The van der Waals surface area contributed by atoms with Gasteiger partial charge in [0.1, 0.15) is 11.4 Å². The molecule has 0 atom stereocenters. The number of carbonyl (C=O) groups is 1. The minimum atomic E-state index is -3.07. The third kappa shape index (κ3) is 3.42. The van der Waals surface area contributed by atoms with Crippen molar-refractivity contribution in [2.75, 3.05) is 18.5 Å². The monoisotopic (exact) mass is 445 g/mol. The van der Waals surface area contributed by atoms with E-state index in [4.69, 9.17) is 14.5 Å². The van der Waals surface area contributed by atoms with E-state index < -0.39 is 12.5 Å². The molecule has 0 aromatic carbocycles. The average molecular weight is 445 g/mol. The first-order valence-corrected chi connectivity index (χ1v) is 10.2. The minimum Gasteiger partial charge on any atom is -0.475 e. The van der Waals surface area contributed by atoms with Crippen LogP contribution in [0.15, 0.2) is 30.7 Å². The molecule has 6 rings (SSSR count). The highest BCUT2D eigenvalue weighted by Gasteiger charge is 2.61. The molecule has 2 aliphatic heterocycles. The number of imidazole rings is 1. The van der Waals surface area contributed by atoms with Crippen molar-refractivity contribution >= 4 is 17.2 Å². The molecule has 168 valence electrons. The summed E-state index contributed by atoms with van der Waals surface area (Å²) in [6, 6.07) is 2.90. The summed E-state index contributed by atoms with van der Waals surface area (Å²) in [4.78, 5) is 25.7. The first-order valence-electron chi connectivity index (χ1n) is 10.2. The Labute approximate surface area is 181 Å². The smallest absolute Gasteiger partial charge is 0.388 e. The molecule has 3 aromatic rings. The predicted octanol–water partition coefficient (Wildman–Crippen LogP) is 3.20. The van der Waals surface area contributed by atoms with Gasteiger partial charge in [0.05, 0.1) is 24.5 Å². The molecule has 0 spiro atoms. The third-order valence-electron chi connectivity index (χ3n) is 5.81. The van der Waals surface area contributed by atoms with Crippen molar-refractivity contribution in [2.24, 2.45) is 0 Å². The molecular weight excluding hydrogens is 424 g/mol. The average Bonchev–Trinajstić information content (AvgIpc) is 3.40. The van der Waals surface area contributed by atoms with Crippen LogP contribution in [0.3, 0.4) is 0 Å². The summed E-state index contributed by atoms with van der Waals surface area (Å²) in [7, 11) is 0. The van der Waals surface area contributed by atoms with Crippen LogP contribution in [0, 0.1) is 0 Å². The lowest BCUT2D eigenvalue weighted by Crippen LogP contribution is -2.45. The number of pyridine rings is 1. The summed E-state index contributed by atoms with van der Waals surface area (Å²) < 4.78 is 42.9. The van der Waals surface area contributed by atoms with E-state index in [1.54, 1.807) is 11.3 Å². The summed E-state index contributed by atoms with van der Waals surface area (Å²) in [6.45, 7) is 1.76. The van der Waals surface area contributed by atoms with Crippen LogP contribution in [0.2, 0.25) is 0 Å². The molecule has 5 heterocycles. The molecule has 1 aliphatic carbocycles. The number of alkyl halides is 2. The molecule has 1 N–H and O–H groups in total. The van der Waals surface area contributed by atoms with Gasteiger partial charge in [0.2, 0.25) is 11.5 Å². The van der Waals surface area contributed by atoms with E-state index in [9.17, 15) is 13.6 Å². The second kappa shape index (κ2) is 7.37. The van der Waals surface area contributed by atoms with Crippen molar-refractivity contribution in [3.05, 3.63) is 42.1 Å². The Morgan fingerprint density at radius 1 is 1.31 bits per heavy atom. The lowest BCUT2D eigenvalue weighted by Gasteiger charge is -2.41. The Balaban J connectivity index is 1.47. The van der Waals surface area contributed by atoms with Gasteiger partial charge >= 0.3 is 6.61 Å². The quantitative estimate of drug-likeness (QED) is 0.596. The van der Waals surface area contributed by atoms with Gasteiger partial charge in [-0.05, 0) is 38.8 Å². The van der Waals surface area contributed by atoms with Gasteiger partial charge in [0.15, 0.2) is 0 Å². The van der Waals surface area contributed by atoms with Gasteiger partial charge < -0.3 is 19.5 Å². The van der Waals surface area contributed by atoms with Crippen LogP contribution in [-0.2, 0) is 10.2 Å². The van der Waals surface area contributed by atoms with E-state index in [1.165, 1.54) is 24.5 Å². The van der Waals surface area contributed by atoms with Crippen LogP contribution in [0.1, 0.15) is 42.9 Å². The highest BCUT2D eigenvalue weighted by Crippen LogP contribution is 2.58. The molecule has 1 amide bonds. The number of hydrogen-bond donors (Lipinski definition) is 1. The van der Waals surface area contributed by atoms with Gasteiger partial charge in [-0.2, -0.15) is 8.78 Å². The number of aromatic nitrogens is 4. The summed E-state index contributed by atoms with van der Waals surface area (Å²) in [5, 5.41) is 2.52. The number of ether oxygens (including phenoxy) is 3. The number of nitrogens with one attached hydrogen (secondary N) is 1. The molecule has 3 aromatic heterocycles. The zero-order valence-corrected chi connectivity index (χ0v) is 17.5. The van der Waals surface area contributed by atoms with Crippen molar-refractivity contribution < 1.29 is 27.8 Å². The zero-order chi connectivity index (χ0) is 22.5. The maximum atomic E-state index is 12.9. The second-order valence-electron chi connectivity index (χ2n) is 8.28. The lowest BCUT2D eigenvalue weighted by molar-refractivity contribution is -0.0523. The highest BCUT2D eigenvalue weighted by molar-refractivity contribution is 6.03. The second-order valence-corrected chi connectivity index (χ2v) is 8.28. The fourth-order valence-electron chi connectivity index (χ4n) is 4.57. The number of halogens is 2. The topological polar surface area (TPSA) is 99.9 Å². The van der Waals surface area contributed by atoms with Gasteiger partial charge in [0, 0.05) is 24.0 Å². The molecule has 2 bridgehead atoms. The van der Waals surface area contributed by atoms with Crippen LogP contribution in [0.25, 0.3) is 5.65 Å². The van der Waals surface area contributed by atoms with E-state index in [1.807, 2.05) is 6.20 Å². The van der Waals surface area contributed by atoms with E-state index in [-0.39, 0.29) is 34.2 Å². The summed E-state index contributed by atoms with van der Waals surface area (Å²) in [5.74, 6) is -0.812. The molecule has 1 saturated carbocycles. The summed E-state index contributed by atoms with van der Waals surface area (Å²) in [5.41, 5.74) is 1.16. The normalized spacial score (nSPS) is 23.9. The van der Waals surface area contributed by atoms with E-state index >= 15 is 0 Å². The molecule has 3 fully saturated rings. The Morgan fingerprint density at radius 2 is 2.12 bits per heavy atom. The van der Waals surface area contributed by atoms with Crippen LogP contribution in [-0.4, -0.2) is 50.7 Å². The summed E-state index contributed by atoms with van der Waals surface area (Å²) in [6.07, 6.45) is 6.46. The predicted molar refractivity (Wildman–Crippen MR) is 108 cm³/mol. The first-order chi connectivity index (χ1) is 15.3. The molecule has 11 heteroatoms. The van der Waals surface area contributed by atoms with Crippen LogP contribution < -0.4 is 14.8 Å². The number of rotatable bonds is 7. The van der Waals surface area contributed by atoms with E-state index in [0.29, 0.717) is 18.9 Å². The Hall–Kier alpha value is -3.34. The van der Waals surface area contributed by atoms with E-state index in [0.717, 1.165) is 18.5 Å². The number of amides is 1. The molecule has 9 nitrogen and oxygen atoms in total. The minimum absolute atomic E-state index is 0.000256. The SMILES string of the molecule is CCOc1nc(C(=O)Nc2cccnc2OC(F)F)cn2cc(C34COC(C)(C3)C4)nc12. The van der Waals surface area contributed by atoms with Crippen molar-refractivity contribution in [1.29, 1.82) is 0 Å². The molecule has 0 unspecified atom stereocenters. The molecule has 3 aliphatic rings. The van der Waals surface area contributed by atoms with Gasteiger partial charge in [-0.15, -0.1) is 0 Å². The Kier molecular flexibility index (Phi) is 4.73. The van der Waals surface area contributed by atoms with Crippen molar-refractivity contribution in [2.45, 2.75) is 44.3 Å². The van der Waals surface area contributed by atoms with Gasteiger partial charge in [-0.3, -0.25) is 9.20 Å². The standard InChI is InChI=1S/C21H21F2N5O4/c1-3-30-18-15-27-14(21-9-20(2,10-21)31-11-21)8-28(15)7-13(26-18)16(29)25-12-5-4-6-24-17(12)32-19(22)23/h4-8,19H,3,9-11H2,1-2H3,(H,25,29). The van der Waals surface area contributed by atoms with Crippen LogP contribution in [0.5, 0.6) is 11.8 Å². The fraction of sp³-hybridized carbons (Fsp3) is 0.429. The van der Waals surface area contributed by atoms with Crippen molar-refractivity contribution in [3.63, 3.8) is 0 Å². The number of carbonyl (C=O) groups excluding carboxylic acids is 1. The fourth-order valence-corrected chi connectivity index (χ4v) is 4.57. The number of fused-ring (bicyclic) bond motifs is 2. The van der Waals surface area contributed by atoms with E-state index in [2.05, 4.69) is 26.9 Å². The maximum absolute atomic E-state index is 12.9. The maximum Gasteiger partial charge on any atom is 0.388 e. The van der Waals surface area contributed by atoms with Gasteiger partial charge in [0.25, 0.3) is 11.8 Å². The third-order valence-corrected chi connectivity index (χ3v) is 5.81. The molecule has 2 saturated heterocycles. The zero-order valence-electron chi connectivity index (χ0n) is 17.5. The molecule has 32 heavy (non-hydrogen) atoms. The van der Waals surface area contributed by atoms with Crippen molar-refractivity contribution in [1.82, 2.24) is 19.4 Å². The Morgan fingerprint density at radius 3 is 2.81 bits per heavy atom. The first kappa shape index (κ1) is 20.6. The number of anilines is 1. The van der Waals surface area contributed by atoms with Crippen molar-refractivity contribution in [3.8, 4) is 11.8 Å². The van der Waals surface area contributed by atoms with Crippen LogP contribution in [0.4, 0.5) is 14.5 Å². The van der Waals surface area contributed by atoms with Crippen LogP contribution >= 0.6 is 0 Å². The Bertz CT molecular complexity index is 1190. The number of nitrogens with zero attached hydrogens (tertiary/aromatic N) is 4.